The van der Waals surface area contributed by atoms with E-state index in [0.29, 0.717) is 19.4 Å². The highest BCUT2D eigenvalue weighted by Gasteiger charge is 2.18. The van der Waals surface area contributed by atoms with Crippen molar-refractivity contribution in [3.63, 3.8) is 0 Å². The molecule has 3 N–H and O–H groups in total. The molecule has 0 aromatic heterocycles. The molecule has 0 saturated carbocycles. The fraction of sp³-hybridized carbons (Fsp3) is 0.893. The zero-order chi connectivity index (χ0) is 45.1. The number of nitrogens with one attached hydrogen (secondary N) is 1. The van der Waals surface area contributed by atoms with Crippen LogP contribution in [-0.4, -0.2) is 47.4 Å². The van der Waals surface area contributed by atoms with E-state index in [-0.39, 0.29) is 18.5 Å². The summed E-state index contributed by atoms with van der Waals surface area (Å²) in [6.45, 7) is 4.86. The van der Waals surface area contributed by atoms with Crippen molar-refractivity contribution in [2.24, 2.45) is 0 Å². The topological polar surface area (TPSA) is 95.9 Å². The van der Waals surface area contributed by atoms with Crippen molar-refractivity contribution in [2.45, 2.75) is 309 Å². The summed E-state index contributed by atoms with van der Waals surface area (Å²) in [5.41, 5.74) is 0. The predicted octanol–water partition coefficient (Wildman–Crippen LogP) is 16.7. The first-order valence-electron chi connectivity index (χ1n) is 27.6. The van der Waals surface area contributed by atoms with E-state index in [1.165, 1.54) is 212 Å². The minimum absolute atomic E-state index is 0.0211. The highest BCUT2D eigenvalue weighted by molar-refractivity contribution is 5.76. The van der Waals surface area contributed by atoms with Crippen LogP contribution >= 0.6 is 0 Å². The summed E-state index contributed by atoms with van der Waals surface area (Å²) in [6, 6.07) is -0.644. The molecular weight excluding hydrogens is 767 g/mol. The number of aliphatic hydroxyl groups is 2. The summed E-state index contributed by atoms with van der Waals surface area (Å²) in [5.74, 6) is -0.110. The first kappa shape index (κ1) is 60.3. The van der Waals surface area contributed by atoms with Crippen molar-refractivity contribution in [1.82, 2.24) is 5.32 Å². The Hall–Kier alpha value is -1.66. The highest BCUT2D eigenvalue weighted by Crippen LogP contribution is 2.16. The fourth-order valence-corrected chi connectivity index (χ4v) is 8.45. The Morgan fingerprint density at radius 1 is 0.435 bits per heavy atom. The second-order valence-corrected chi connectivity index (χ2v) is 18.9. The summed E-state index contributed by atoms with van der Waals surface area (Å²) >= 11 is 0. The van der Waals surface area contributed by atoms with Crippen LogP contribution in [0.25, 0.3) is 0 Å². The Balaban J connectivity index is 3.49. The standard InChI is InChI=1S/C56H107NO5/c1-3-5-7-9-11-13-15-17-19-21-22-23-25-27-29-34-38-42-46-50-56(61)62-51-47-43-39-35-31-30-33-37-41-45-49-55(60)57-53(52-58)54(59)48-44-40-36-32-28-26-24-20-18-16-14-12-10-8-6-4-2/h17,19,44,48,53-54,58-59H,3-16,18,20-43,45-47,49-52H2,1-2H3,(H,57,60)/b19-17-,48-44+. The maximum absolute atomic E-state index is 12.4. The summed E-state index contributed by atoms with van der Waals surface area (Å²) in [6.07, 6.45) is 61.8. The number of hydrogen-bond acceptors (Lipinski definition) is 5. The predicted molar refractivity (Wildman–Crippen MR) is 269 cm³/mol. The van der Waals surface area contributed by atoms with Crippen molar-refractivity contribution in [2.75, 3.05) is 13.2 Å². The maximum Gasteiger partial charge on any atom is 0.305 e. The SMILES string of the molecule is CCCCCCCC/C=C\CCCCCCCCCCCC(=O)OCCCCCCCCCCCCC(=O)NC(CO)C(O)/C=C/CCCCCCCCCCCCCCCC. The number of carbonyl (C=O) groups excluding carboxylic acids is 2. The third-order valence-corrected chi connectivity index (χ3v) is 12.7. The molecule has 2 unspecified atom stereocenters. The van der Waals surface area contributed by atoms with Crippen molar-refractivity contribution in [1.29, 1.82) is 0 Å². The van der Waals surface area contributed by atoms with Gasteiger partial charge >= 0.3 is 5.97 Å². The molecule has 0 rings (SSSR count). The lowest BCUT2D eigenvalue weighted by Crippen LogP contribution is -2.45. The van der Waals surface area contributed by atoms with Crippen LogP contribution in [0, 0.1) is 0 Å². The van der Waals surface area contributed by atoms with E-state index in [4.69, 9.17) is 4.74 Å². The smallest absolute Gasteiger partial charge is 0.305 e. The largest absolute Gasteiger partial charge is 0.466 e. The molecule has 0 aromatic rings. The molecule has 0 bridgehead atoms. The van der Waals surface area contributed by atoms with Crippen LogP contribution in [0.2, 0.25) is 0 Å². The first-order valence-corrected chi connectivity index (χ1v) is 27.6. The first-order chi connectivity index (χ1) is 30.5. The average Bonchev–Trinajstić information content (AvgIpc) is 3.27. The molecule has 62 heavy (non-hydrogen) atoms. The van der Waals surface area contributed by atoms with Crippen LogP contribution in [0.1, 0.15) is 296 Å². The van der Waals surface area contributed by atoms with Gasteiger partial charge in [-0.1, -0.05) is 250 Å². The van der Waals surface area contributed by atoms with Gasteiger partial charge in [-0.25, -0.2) is 0 Å². The van der Waals surface area contributed by atoms with Gasteiger partial charge in [-0.3, -0.25) is 9.59 Å². The summed E-state index contributed by atoms with van der Waals surface area (Å²) < 4.78 is 5.47. The lowest BCUT2D eigenvalue weighted by Gasteiger charge is -2.20. The van der Waals surface area contributed by atoms with Crippen LogP contribution in [-0.2, 0) is 14.3 Å². The molecule has 0 aromatic carbocycles. The molecule has 6 nitrogen and oxygen atoms in total. The van der Waals surface area contributed by atoms with Gasteiger partial charge < -0.3 is 20.3 Å². The zero-order valence-electron chi connectivity index (χ0n) is 41.6. The molecular formula is C56H107NO5. The Labute approximate surface area is 386 Å². The van der Waals surface area contributed by atoms with Gasteiger partial charge in [-0.2, -0.15) is 0 Å². The van der Waals surface area contributed by atoms with Gasteiger partial charge in [0.25, 0.3) is 0 Å². The van der Waals surface area contributed by atoms with Crippen LogP contribution in [0.15, 0.2) is 24.3 Å². The Morgan fingerprint density at radius 3 is 1.15 bits per heavy atom. The van der Waals surface area contributed by atoms with Crippen molar-refractivity contribution in [3.05, 3.63) is 24.3 Å². The van der Waals surface area contributed by atoms with E-state index in [1.54, 1.807) is 6.08 Å². The number of carbonyl (C=O) groups is 2. The minimum Gasteiger partial charge on any atom is -0.466 e. The molecule has 0 spiro atoms. The Kier molecular flexibility index (Phi) is 50.6. The average molecular weight is 874 g/mol. The van der Waals surface area contributed by atoms with Crippen LogP contribution < -0.4 is 5.32 Å². The number of amides is 1. The molecule has 0 aliphatic heterocycles. The van der Waals surface area contributed by atoms with Gasteiger partial charge in [0.1, 0.15) is 0 Å². The molecule has 1 amide bonds. The maximum atomic E-state index is 12.4. The van der Waals surface area contributed by atoms with Gasteiger partial charge in [0.15, 0.2) is 0 Å². The molecule has 0 saturated heterocycles. The summed E-state index contributed by atoms with van der Waals surface area (Å²) in [5, 5.41) is 23.1. The van der Waals surface area contributed by atoms with E-state index in [0.717, 1.165) is 57.8 Å². The molecule has 0 fully saturated rings. The lowest BCUT2D eigenvalue weighted by molar-refractivity contribution is -0.143. The van der Waals surface area contributed by atoms with Crippen LogP contribution in [0.4, 0.5) is 0 Å². The highest BCUT2D eigenvalue weighted by atomic mass is 16.5. The van der Waals surface area contributed by atoms with Gasteiger partial charge in [-0.15, -0.1) is 0 Å². The molecule has 6 heteroatoms. The number of esters is 1. The van der Waals surface area contributed by atoms with Gasteiger partial charge in [0, 0.05) is 12.8 Å². The summed E-state index contributed by atoms with van der Waals surface area (Å²) in [4.78, 5) is 24.5. The molecule has 0 radical (unpaired) electrons. The van der Waals surface area contributed by atoms with E-state index in [9.17, 15) is 19.8 Å². The number of hydrogen-bond donors (Lipinski definition) is 3. The second-order valence-electron chi connectivity index (χ2n) is 18.9. The van der Waals surface area contributed by atoms with Crippen molar-refractivity contribution >= 4 is 11.9 Å². The number of aliphatic hydroxyl groups excluding tert-OH is 2. The van der Waals surface area contributed by atoms with Gasteiger partial charge in [-0.05, 0) is 57.8 Å². The summed E-state index contributed by atoms with van der Waals surface area (Å²) in [7, 11) is 0. The fourth-order valence-electron chi connectivity index (χ4n) is 8.45. The lowest BCUT2D eigenvalue weighted by atomic mass is 10.0. The molecule has 0 aliphatic rings. The normalized spacial score (nSPS) is 12.8. The Bertz CT molecular complexity index is 966. The van der Waals surface area contributed by atoms with E-state index in [2.05, 4.69) is 31.3 Å². The molecule has 366 valence electrons. The van der Waals surface area contributed by atoms with E-state index < -0.39 is 12.1 Å². The van der Waals surface area contributed by atoms with E-state index in [1.807, 2.05) is 6.08 Å². The van der Waals surface area contributed by atoms with Crippen LogP contribution in [0.3, 0.4) is 0 Å². The van der Waals surface area contributed by atoms with Gasteiger partial charge in [0.2, 0.25) is 5.91 Å². The molecule has 0 aliphatic carbocycles. The monoisotopic (exact) mass is 874 g/mol. The molecule has 0 heterocycles. The number of ether oxygens (including phenoxy) is 1. The number of unbranched alkanes of at least 4 members (excludes halogenated alkanes) is 38. The quantitative estimate of drug-likeness (QED) is 0.0321. The zero-order valence-corrected chi connectivity index (χ0v) is 41.6. The second kappa shape index (κ2) is 52.0. The third kappa shape index (κ3) is 47.8. The van der Waals surface area contributed by atoms with Crippen molar-refractivity contribution < 1.29 is 24.5 Å². The minimum atomic E-state index is -0.859. The number of rotatable bonds is 51. The van der Waals surface area contributed by atoms with Gasteiger partial charge in [0.05, 0.1) is 25.4 Å². The van der Waals surface area contributed by atoms with Crippen molar-refractivity contribution in [3.8, 4) is 0 Å². The number of allylic oxidation sites excluding steroid dienone is 3. The Morgan fingerprint density at radius 2 is 0.758 bits per heavy atom. The van der Waals surface area contributed by atoms with E-state index >= 15 is 0 Å². The third-order valence-electron chi connectivity index (χ3n) is 12.7. The van der Waals surface area contributed by atoms with Crippen LogP contribution in [0.5, 0.6) is 0 Å². The molecule has 2 atom stereocenters.